The lowest BCUT2D eigenvalue weighted by Crippen LogP contribution is -2.29. The summed E-state index contributed by atoms with van der Waals surface area (Å²) in [6, 6.07) is 3.22. The van der Waals surface area contributed by atoms with Crippen molar-refractivity contribution >= 4 is 23.6 Å². The smallest absolute Gasteiger partial charge is 0.266 e. The number of ketones is 1. The number of pyridine rings is 1. The molecule has 2 N–H and O–H groups in total. The van der Waals surface area contributed by atoms with E-state index in [0.29, 0.717) is 17.0 Å². The van der Waals surface area contributed by atoms with Crippen LogP contribution >= 0.6 is 0 Å². The van der Waals surface area contributed by atoms with E-state index in [1.807, 2.05) is 20.8 Å². The molecule has 2 aromatic heterocycles. The molecule has 0 saturated carbocycles. The molecule has 0 unspecified atom stereocenters. The van der Waals surface area contributed by atoms with Crippen molar-refractivity contribution < 1.29 is 13.6 Å². The number of hydrogen-bond acceptors (Lipinski definition) is 7. The zero-order valence-electron chi connectivity index (χ0n) is 16.7. The molecule has 0 atom stereocenters. The van der Waals surface area contributed by atoms with Gasteiger partial charge in [-0.2, -0.15) is 0 Å². The van der Waals surface area contributed by atoms with E-state index < -0.39 is 17.9 Å². The van der Waals surface area contributed by atoms with Gasteiger partial charge >= 0.3 is 0 Å². The molecule has 3 rings (SSSR count). The van der Waals surface area contributed by atoms with Gasteiger partial charge in [-0.1, -0.05) is 20.8 Å². The second kappa shape index (κ2) is 7.81. The summed E-state index contributed by atoms with van der Waals surface area (Å²) in [4.78, 5) is 26.8. The molecule has 9 heteroatoms. The number of rotatable bonds is 6. The number of nitrogens with zero attached hydrogens (tertiary/aromatic N) is 4. The van der Waals surface area contributed by atoms with Crippen LogP contribution in [-0.2, 0) is 5.41 Å². The van der Waals surface area contributed by atoms with Crippen LogP contribution in [0.3, 0.4) is 0 Å². The molecule has 0 aliphatic carbocycles. The molecule has 29 heavy (non-hydrogen) atoms. The number of carbonyl (C=O) groups is 1. The van der Waals surface area contributed by atoms with Crippen LogP contribution in [0.15, 0.2) is 24.5 Å². The Kier molecular flexibility index (Phi) is 5.59. The Morgan fingerprint density at radius 1 is 1.31 bits per heavy atom. The van der Waals surface area contributed by atoms with Crippen LogP contribution in [-0.4, -0.2) is 52.5 Å². The number of alkyl halides is 2. The van der Waals surface area contributed by atoms with Crippen LogP contribution in [0, 0.1) is 5.41 Å². The van der Waals surface area contributed by atoms with Crippen molar-refractivity contribution in [1.82, 2.24) is 15.0 Å². The number of aromatic nitrogens is 3. The largest absolute Gasteiger partial charge is 0.362 e. The molecule has 7 nitrogen and oxygen atoms in total. The normalized spacial score (nSPS) is 16.0. The highest BCUT2D eigenvalue weighted by Gasteiger charge is 2.40. The minimum Gasteiger partial charge on any atom is -0.362 e. The lowest BCUT2D eigenvalue weighted by Gasteiger charge is -2.25. The average molecular weight is 402 g/mol. The van der Waals surface area contributed by atoms with Crippen LogP contribution in [0.5, 0.6) is 0 Å². The topological polar surface area (TPSA) is 94.9 Å². The second-order valence-corrected chi connectivity index (χ2v) is 8.07. The fourth-order valence-corrected chi connectivity index (χ4v) is 3.02. The lowest BCUT2D eigenvalue weighted by molar-refractivity contribution is 0.0256. The molecule has 154 valence electrons. The van der Waals surface area contributed by atoms with Gasteiger partial charge in [0.25, 0.3) is 5.92 Å². The van der Waals surface area contributed by atoms with Crippen molar-refractivity contribution in [3.05, 3.63) is 41.5 Å². The molecule has 1 aliphatic heterocycles. The van der Waals surface area contributed by atoms with Crippen LogP contribution in [0.25, 0.3) is 0 Å². The van der Waals surface area contributed by atoms with E-state index in [-0.39, 0.29) is 36.9 Å². The predicted octanol–water partition coefficient (Wildman–Crippen LogP) is 3.31. The average Bonchev–Trinajstić information content (AvgIpc) is 3.04. The number of anilines is 2. The van der Waals surface area contributed by atoms with Gasteiger partial charge in [-0.25, -0.2) is 18.7 Å². The Hall–Kier alpha value is -2.97. The maximum Gasteiger partial charge on any atom is 0.266 e. The maximum atomic E-state index is 13.8. The van der Waals surface area contributed by atoms with E-state index in [2.05, 4.69) is 20.3 Å². The van der Waals surface area contributed by atoms with Crippen molar-refractivity contribution in [3.8, 4) is 0 Å². The molecule has 1 saturated heterocycles. The van der Waals surface area contributed by atoms with Crippen LogP contribution in [0.4, 0.5) is 20.4 Å². The van der Waals surface area contributed by atoms with Gasteiger partial charge in [-0.3, -0.25) is 9.78 Å². The Morgan fingerprint density at radius 2 is 2.00 bits per heavy atom. The monoisotopic (exact) mass is 402 g/mol. The van der Waals surface area contributed by atoms with Crippen molar-refractivity contribution in [2.24, 2.45) is 0 Å². The third-order valence-corrected chi connectivity index (χ3v) is 4.63. The minimum absolute atomic E-state index is 0.0545. The van der Waals surface area contributed by atoms with Gasteiger partial charge in [0.2, 0.25) is 0 Å². The van der Waals surface area contributed by atoms with Crippen molar-refractivity contribution in [3.63, 3.8) is 0 Å². The fraction of sp³-hybridized carbons (Fsp3) is 0.450. The first-order chi connectivity index (χ1) is 13.6. The Balaban J connectivity index is 1.95. The highest BCUT2D eigenvalue weighted by atomic mass is 19.3. The molecular formula is C20H24F2N6O. The quantitative estimate of drug-likeness (QED) is 0.569. The highest BCUT2D eigenvalue weighted by molar-refractivity contribution is 5.99. The predicted molar refractivity (Wildman–Crippen MR) is 107 cm³/mol. The number of halogens is 2. The van der Waals surface area contributed by atoms with Crippen molar-refractivity contribution in [1.29, 1.82) is 5.41 Å². The first kappa shape index (κ1) is 20.8. The first-order valence-corrected chi connectivity index (χ1v) is 9.33. The maximum absolute atomic E-state index is 13.8. The number of nitrogens with one attached hydrogen (secondary N) is 2. The zero-order chi connectivity index (χ0) is 21.2. The van der Waals surface area contributed by atoms with Gasteiger partial charge in [-0.05, 0) is 12.1 Å². The second-order valence-electron chi connectivity index (χ2n) is 8.07. The summed E-state index contributed by atoms with van der Waals surface area (Å²) in [6.45, 7) is 5.39. The molecule has 3 heterocycles. The molecule has 1 aliphatic rings. The van der Waals surface area contributed by atoms with E-state index in [0.717, 1.165) is 6.21 Å². The summed E-state index contributed by atoms with van der Waals surface area (Å²) < 4.78 is 27.6. The molecular weight excluding hydrogens is 378 g/mol. The van der Waals surface area contributed by atoms with Gasteiger partial charge in [-0.15, -0.1) is 0 Å². The molecule has 0 spiro atoms. The molecule has 0 aromatic carbocycles. The standard InChI is InChI=1S/C20H24F2N6O/c1-19(2,3)18-26-16(25-11-15(29)13-4-7-24-8-5-13)14(10-23)17(27-18)28-9-6-20(21,22)12-28/h4-5,7-8,10,23H,6,9,11-12H2,1-3H3,(H,25,26,27). The van der Waals surface area contributed by atoms with Crippen LogP contribution in [0.2, 0.25) is 0 Å². The van der Waals surface area contributed by atoms with Gasteiger partial charge in [0.05, 0.1) is 18.7 Å². The van der Waals surface area contributed by atoms with Gasteiger partial charge in [0.1, 0.15) is 17.5 Å². The fourth-order valence-electron chi connectivity index (χ4n) is 3.02. The third kappa shape index (κ3) is 4.72. The number of carbonyl (C=O) groups excluding carboxylic acids is 1. The Bertz CT molecular complexity index is 911. The van der Waals surface area contributed by atoms with E-state index in [9.17, 15) is 13.6 Å². The minimum atomic E-state index is -2.79. The SMILES string of the molecule is CC(C)(C)c1nc(NCC(=O)c2ccncc2)c(C=N)c(N2CCC(F)(F)C2)n1. The molecule has 2 aromatic rings. The summed E-state index contributed by atoms with van der Waals surface area (Å²) in [5, 5.41) is 10.8. The molecule has 1 fully saturated rings. The molecule has 0 amide bonds. The van der Waals surface area contributed by atoms with Crippen LogP contribution in [0.1, 0.15) is 48.9 Å². The lowest BCUT2D eigenvalue weighted by atomic mass is 9.95. The summed E-state index contributed by atoms with van der Waals surface area (Å²) in [5.41, 5.74) is 0.343. The Morgan fingerprint density at radius 3 is 2.55 bits per heavy atom. The number of Topliss-reactive ketones (excluding diaryl/α,β-unsaturated/α-hetero) is 1. The summed E-state index contributed by atoms with van der Waals surface area (Å²) in [7, 11) is 0. The molecule has 0 radical (unpaired) electrons. The zero-order valence-corrected chi connectivity index (χ0v) is 16.7. The first-order valence-electron chi connectivity index (χ1n) is 9.33. The summed E-state index contributed by atoms with van der Waals surface area (Å²) >= 11 is 0. The Labute approximate surface area is 168 Å². The third-order valence-electron chi connectivity index (χ3n) is 4.63. The van der Waals surface area contributed by atoms with Crippen molar-refractivity contribution in [2.45, 2.75) is 38.5 Å². The summed E-state index contributed by atoms with van der Waals surface area (Å²) in [6.07, 6.45) is 3.84. The van der Waals surface area contributed by atoms with E-state index in [1.54, 1.807) is 12.1 Å². The number of hydrogen-bond donors (Lipinski definition) is 2. The van der Waals surface area contributed by atoms with Gasteiger partial charge < -0.3 is 15.6 Å². The van der Waals surface area contributed by atoms with Gasteiger partial charge in [0, 0.05) is 42.6 Å². The van der Waals surface area contributed by atoms with E-state index in [4.69, 9.17) is 5.41 Å². The van der Waals surface area contributed by atoms with E-state index >= 15 is 0 Å². The van der Waals surface area contributed by atoms with Crippen LogP contribution < -0.4 is 10.2 Å². The van der Waals surface area contributed by atoms with Gasteiger partial charge in [0.15, 0.2) is 5.78 Å². The molecule has 0 bridgehead atoms. The highest BCUT2D eigenvalue weighted by Crippen LogP contribution is 2.34. The van der Waals surface area contributed by atoms with Crippen molar-refractivity contribution in [2.75, 3.05) is 29.9 Å². The van der Waals surface area contributed by atoms with E-state index in [1.165, 1.54) is 17.3 Å². The summed E-state index contributed by atoms with van der Waals surface area (Å²) in [5.74, 6) is -1.94.